The molecule has 0 aliphatic carbocycles. The molecule has 0 bridgehead atoms. The van der Waals surface area contributed by atoms with Crippen molar-refractivity contribution in [1.82, 2.24) is 5.32 Å². The van der Waals surface area contributed by atoms with Gasteiger partial charge in [-0.3, -0.25) is 4.79 Å². The normalized spacial score (nSPS) is 8.56. The molecule has 0 aliphatic heterocycles. The quantitative estimate of drug-likeness (QED) is 0.584. The summed E-state index contributed by atoms with van der Waals surface area (Å²) in [5.41, 5.74) is 0.560. The lowest BCUT2D eigenvalue weighted by Crippen LogP contribution is -2.13. The van der Waals surface area contributed by atoms with Gasteiger partial charge in [0.05, 0.1) is 6.42 Å². The molecule has 0 unspecified atom stereocenters. The van der Waals surface area contributed by atoms with Crippen LogP contribution >= 0.6 is 0 Å². The Hall–Kier alpha value is -0.990. The van der Waals surface area contributed by atoms with Gasteiger partial charge in [-0.05, 0) is 6.92 Å². The zero-order valence-electron chi connectivity index (χ0n) is 5.48. The van der Waals surface area contributed by atoms with Gasteiger partial charge in [0.1, 0.15) is 0 Å². The topological polar surface area (TPSA) is 49.3 Å². The first-order valence-corrected chi connectivity index (χ1v) is 2.80. The first-order valence-electron chi connectivity index (χ1n) is 2.80. The second-order valence-corrected chi connectivity index (χ2v) is 1.70. The molecule has 0 aromatic heterocycles. The standard InChI is InChI=1S/C6H11NO2/c1-3-7-5(2)4-6(8)9/h7H,2-4H2,1H3,(H,8,9). The zero-order valence-corrected chi connectivity index (χ0v) is 5.48. The largest absolute Gasteiger partial charge is 0.481 e. The van der Waals surface area contributed by atoms with E-state index in [1.54, 1.807) is 0 Å². The maximum absolute atomic E-state index is 9.98. The summed E-state index contributed by atoms with van der Waals surface area (Å²) in [4.78, 5) is 9.98. The summed E-state index contributed by atoms with van der Waals surface area (Å²) in [7, 11) is 0. The van der Waals surface area contributed by atoms with Crippen molar-refractivity contribution in [3.8, 4) is 0 Å². The Labute approximate surface area is 54.4 Å². The molecule has 3 heteroatoms. The third-order valence-electron chi connectivity index (χ3n) is 0.791. The molecule has 0 heterocycles. The minimum Gasteiger partial charge on any atom is -0.481 e. The van der Waals surface area contributed by atoms with Crippen LogP contribution in [0.1, 0.15) is 13.3 Å². The Morgan fingerprint density at radius 2 is 2.33 bits per heavy atom. The van der Waals surface area contributed by atoms with Crippen LogP contribution in [0.25, 0.3) is 0 Å². The molecule has 0 aromatic carbocycles. The summed E-state index contributed by atoms with van der Waals surface area (Å²) < 4.78 is 0. The molecule has 9 heavy (non-hydrogen) atoms. The molecule has 0 saturated carbocycles. The number of carboxylic acids is 1. The van der Waals surface area contributed by atoms with Crippen molar-refractivity contribution in [3.05, 3.63) is 12.3 Å². The molecule has 0 amide bonds. The molecule has 0 radical (unpaired) electrons. The fraction of sp³-hybridized carbons (Fsp3) is 0.500. The summed E-state index contributed by atoms with van der Waals surface area (Å²) in [6.07, 6.45) is 0.00778. The number of rotatable bonds is 4. The van der Waals surface area contributed by atoms with Crippen LogP contribution in [0.15, 0.2) is 12.3 Å². The highest BCUT2D eigenvalue weighted by Gasteiger charge is 1.97. The van der Waals surface area contributed by atoms with E-state index in [0.29, 0.717) is 5.70 Å². The van der Waals surface area contributed by atoms with Gasteiger partial charge in [-0.25, -0.2) is 0 Å². The zero-order chi connectivity index (χ0) is 7.28. The van der Waals surface area contributed by atoms with E-state index in [-0.39, 0.29) is 6.42 Å². The Morgan fingerprint density at radius 3 is 2.67 bits per heavy atom. The first kappa shape index (κ1) is 8.01. The van der Waals surface area contributed by atoms with Crippen LogP contribution in [0.2, 0.25) is 0 Å². The van der Waals surface area contributed by atoms with Crippen molar-refractivity contribution < 1.29 is 9.90 Å². The van der Waals surface area contributed by atoms with Gasteiger partial charge >= 0.3 is 5.97 Å². The van der Waals surface area contributed by atoms with Gasteiger partial charge in [-0.2, -0.15) is 0 Å². The third-order valence-corrected chi connectivity index (χ3v) is 0.791. The molecule has 0 rings (SSSR count). The molecule has 2 N–H and O–H groups in total. The van der Waals surface area contributed by atoms with Crippen molar-refractivity contribution in [2.75, 3.05) is 6.54 Å². The van der Waals surface area contributed by atoms with E-state index in [9.17, 15) is 4.79 Å². The number of hydrogen-bond donors (Lipinski definition) is 2. The fourth-order valence-corrected chi connectivity index (χ4v) is 0.495. The lowest BCUT2D eigenvalue weighted by molar-refractivity contribution is -0.136. The maximum atomic E-state index is 9.98. The van der Waals surface area contributed by atoms with E-state index in [1.165, 1.54) is 0 Å². The minimum atomic E-state index is -0.846. The van der Waals surface area contributed by atoms with Crippen LogP contribution in [0, 0.1) is 0 Å². The average Bonchev–Trinajstić information content (AvgIpc) is 1.63. The Kier molecular flexibility index (Phi) is 3.51. The van der Waals surface area contributed by atoms with Gasteiger partial charge in [0.2, 0.25) is 0 Å². The monoisotopic (exact) mass is 129 g/mol. The number of aliphatic carboxylic acids is 1. The number of carboxylic acid groups (broad SMARTS) is 1. The van der Waals surface area contributed by atoms with E-state index >= 15 is 0 Å². The highest BCUT2D eigenvalue weighted by molar-refractivity contribution is 5.69. The van der Waals surface area contributed by atoms with E-state index in [0.717, 1.165) is 6.54 Å². The Balaban J connectivity index is 3.39. The molecule has 0 aliphatic rings. The smallest absolute Gasteiger partial charge is 0.309 e. The molecule has 0 spiro atoms. The highest BCUT2D eigenvalue weighted by atomic mass is 16.4. The van der Waals surface area contributed by atoms with Gasteiger partial charge < -0.3 is 10.4 Å². The van der Waals surface area contributed by atoms with Crippen LogP contribution in [0.3, 0.4) is 0 Å². The van der Waals surface area contributed by atoms with Gasteiger partial charge in [-0.15, -0.1) is 0 Å². The van der Waals surface area contributed by atoms with Gasteiger partial charge in [0.15, 0.2) is 0 Å². The van der Waals surface area contributed by atoms with Crippen LogP contribution in [0.5, 0.6) is 0 Å². The molecular weight excluding hydrogens is 118 g/mol. The summed E-state index contributed by atoms with van der Waals surface area (Å²) in [6, 6.07) is 0. The van der Waals surface area contributed by atoms with Crippen molar-refractivity contribution in [2.24, 2.45) is 0 Å². The van der Waals surface area contributed by atoms with Crippen LogP contribution < -0.4 is 5.32 Å². The molecule has 0 aromatic rings. The molecular formula is C6H11NO2. The van der Waals surface area contributed by atoms with Crippen molar-refractivity contribution in [3.63, 3.8) is 0 Å². The van der Waals surface area contributed by atoms with Gasteiger partial charge in [0.25, 0.3) is 0 Å². The number of hydrogen-bond acceptors (Lipinski definition) is 2. The average molecular weight is 129 g/mol. The molecule has 52 valence electrons. The highest BCUT2D eigenvalue weighted by Crippen LogP contribution is 1.90. The molecule has 3 nitrogen and oxygen atoms in total. The number of nitrogens with one attached hydrogen (secondary N) is 1. The second-order valence-electron chi connectivity index (χ2n) is 1.70. The minimum absolute atomic E-state index is 0.00778. The van der Waals surface area contributed by atoms with Crippen molar-refractivity contribution in [2.45, 2.75) is 13.3 Å². The van der Waals surface area contributed by atoms with Gasteiger partial charge in [0, 0.05) is 12.2 Å². The summed E-state index contributed by atoms with van der Waals surface area (Å²) in [5.74, 6) is -0.846. The lowest BCUT2D eigenvalue weighted by Gasteiger charge is -2.01. The van der Waals surface area contributed by atoms with Gasteiger partial charge in [-0.1, -0.05) is 6.58 Å². The molecule has 0 atom stereocenters. The molecule has 0 saturated heterocycles. The molecule has 0 fully saturated rings. The van der Waals surface area contributed by atoms with Crippen molar-refractivity contribution >= 4 is 5.97 Å². The van der Waals surface area contributed by atoms with E-state index < -0.39 is 5.97 Å². The first-order chi connectivity index (χ1) is 4.16. The van der Waals surface area contributed by atoms with E-state index in [1.807, 2.05) is 6.92 Å². The van der Waals surface area contributed by atoms with E-state index in [4.69, 9.17) is 5.11 Å². The van der Waals surface area contributed by atoms with Crippen LogP contribution in [-0.4, -0.2) is 17.6 Å². The predicted octanol–water partition coefficient (Wildman–Crippen LogP) is 0.584. The van der Waals surface area contributed by atoms with E-state index in [2.05, 4.69) is 11.9 Å². The SMILES string of the molecule is C=C(CC(=O)O)NCC. The lowest BCUT2D eigenvalue weighted by atomic mass is 10.3. The third kappa shape index (κ3) is 4.87. The van der Waals surface area contributed by atoms with Crippen LogP contribution in [0.4, 0.5) is 0 Å². The number of carbonyl (C=O) groups is 1. The predicted molar refractivity (Wildman–Crippen MR) is 35.1 cm³/mol. The summed E-state index contributed by atoms with van der Waals surface area (Å²) in [5, 5.41) is 11.0. The summed E-state index contributed by atoms with van der Waals surface area (Å²) in [6.45, 7) is 6.12. The van der Waals surface area contributed by atoms with Crippen molar-refractivity contribution in [1.29, 1.82) is 0 Å². The second kappa shape index (κ2) is 3.95. The Bertz CT molecular complexity index is 120. The summed E-state index contributed by atoms with van der Waals surface area (Å²) >= 11 is 0. The fourth-order valence-electron chi connectivity index (χ4n) is 0.495. The van der Waals surface area contributed by atoms with Crippen LogP contribution in [-0.2, 0) is 4.79 Å². The Morgan fingerprint density at radius 1 is 1.78 bits per heavy atom. The maximum Gasteiger partial charge on any atom is 0.309 e.